The van der Waals surface area contributed by atoms with Gasteiger partial charge in [-0.15, -0.1) is 6.42 Å². The highest BCUT2D eigenvalue weighted by Crippen LogP contribution is 2.52. The van der Waals surface area contributed by atoms with Gasteiger partial charge < -0.3 is 24.4 Å². The van der Waals surface area contributed by atoms with Crippen LogP contribution in [0, 0.1) is 41.2 Å². The summed E-state index contributed by atoms with van der Waals surface area (Å²) in [5, 5.41) is 22.9. The fraction of sp³-hybridized carbons (Fsp3) is 0.558. The van der Waals surface area contributed by atoms with E-state index in [1.54, 1.807) is 0 Å². The molecule has 4 aromatic rings. The van der Waals surface area contributed by atoms with E-state index in [0.717, 1.165) is 64.7 Å². The number of hydrogen-bond acceptors (Lipinski definition) is 9. The fourth-order valence-corrected chi connectivity index (χ4v) is 11.1. The number of aromatic hydroxyl groups is 1. The van der Waals surface area contributed by atoms with Crippen LogP contribution in [0.15, 0.2) is 24.3 Å². The van der Waals surface area contributed by atoms with Crippen LogP contribution in [0.5, 0.6) is 17.6 Å². The van der Waals surface area contributed by atoms with E-state index in [4.69, 9.17) is 30.6 Å². The second-order valence-corrected chi connectivity index (χ2v) is 16.9. The molecule has 11 heteroatoms. The third kappa shape index (κ3) is 5.96. The zero-order valence-corrected chi connectivity index (χ0v) is 31.0. The van der Waals surface area contributed by atoms with Crippen LogP contribution in [0.1, 0.15) is 94.7 Å². The molecule has 9 nitrogen and oxygen atoms in total. The van der Waals surface area contributed by atoms with Gasteiger partial charge in [0.05, 0.1) is 36.0 Å². The fourth-order valence-electron chi connectivity index (χ4n) is 11.1. The van der Waals surface area contributed by atoms with Gasteiger partial charge in [-0.3, -0.25) is 4.90 Å². The van der Waals surface area contributed by atoms with Gasteiger partial charge in [0.1, 0.15) is 22.8 Å². The average Bonchev–Trinajstić information content (AvgIpc) is 3.90. The molecule has 2 aliphatic heterocycles. The molecule has 2 saturated heterocycles. The number of fused-ring (bicyclic) bond motifs is 4. The van der Waals surface area contributed by atoms with Gasteiger partial charge in [-0.25, -0.2) is 13.8 Å². The number of ether oxygens (including phenoxy) is 3. The quantitative estimate of drug-likeness (QED) is 0.185. The number of aliphatic hydroxyl groups is 1. The molecule has 2 aromatic heterocycles. The second kappa shape index (κ2) is 13.6. The Bertz CT molecular complexity index is 2160. The molecule has 284 valence electrons. The molecule has 0 bridgehead atoms. The van der Waals surface area contributed by atoms with Gasteiger partial charge in [-0.2, -0.15) is 9.97 Å². The standard InChI is InChI=1S/C43H48F2N4O5/c1-4-30-32(44)11-10-24-18-29(50)19-31(34(24)30)38-36(45)39-35(40(46-38)52-3)37(25-8-5-12-42(2,51)20-25)47-41(48-39)54-23-43-13-6-9-33(43)49(15-7-14-43)28-16-26-21-53-22-27(26)17-28/h1,10-11,18-19,25-28,33,50-51H,5-9,12-17,20-23H2,2-3H3/t25?,26-,27+,28?,33-,42-,43-/m1/s1. The second-order valence-electron chi connectivity index (χ2n) is 16.9. The van der Waals surface area contributed by atoms with Crippen LogP contribution in [0.3, 0.4) is 0 Å². The van der Waals surface area contributed by atoms with Crippen LogP contribution in [0.4, 0.5) is 8.78 Å². The molecule has 2 N–H and O–H groups in total. The number of likely N-dealkylation sites (tertiary alicyclic amines) is 1. The highest BCUT2D eigenvalue weighted by atomic mass is 19.1. The van der Waals surface area contributed by atoms with Crippen LogP contribution in [0.25, 0.3) is 32.9 Å². The van der Waals surface area contributed by atoms with Crippen LogP contribution >= 0.6 is 0 Å². The third-order valence-corrected chi connectivity index (χ3v) is 13.5. The number of aromatic nitrogens is 3. The number of halogens is 2. The average molecular weight is 739 g/mol. The van der Waals surface area contributed by atoms with Crippen molar-refractivity contribution in [2.24, 2.45) is 17.3 Å². The molecule has 9 rings (SSSR count). The van der Waals surface area contributed by atoms with E-state index in [1.807, 2.05) is 6.92 Å². The summed E-state index contributed by atoms with van der Waals surface area (Å²) in [7, 11) is 1.44. The molecule has 3 aliphatic carbocycles. The van der Waals surface area contributed by atoms with Crippen molar-refractivity contribution in [1.29, 1.82) is 0 Å². The van der Waals surface area contributed by atoms with Gasteiger partial charge in [0.15, 0.2) is 5.82 Å². The zero-order valence-electron chi connectivity index (χ0n) is 31.0. The number of methoxy groups -OCH3 is 1. The van der Waals surface area contributed by atoms with Crippen molar-refractivity contribution < 1.29 is 33.2 Å². The monoisotopic (exact) mass is 738 g/mol. The Hall–Kier alpha value is -4.11. The van der Waals surface area contributed by atoms with Gasteiger partial charge in [-0.05, 0) is 113 Å². The molecular weight excluding hydrogens is 690 g/mol. The summed E-state index contributed by atoms with van der Waals surface area (Å²) in [6.07, 6.45) is 16.2. The molecule has 0 amide bonds. The SMILES string of the molecule is C#Cc1c(F)ccc2cc(O)cc(-c3nc(OC)c4c(C5CCC[C@@](C)(O)C5)nc(OC[C@]56CCC[C@H]5N(C5C[C@H]7COC[C@H]7C5)CCC6)nc4c3F)c12. The first-order valence-electron chi connectivity index (χ1n) is 19.6. The topological polar surface area (TPSA) is 110 Å². The summed E-state index contributed by atoms with van der Waals surface area (Å²) in [5.74, 6) is 1.96. The number of phenolic OH excluding ortho intramolecular Hbond substituents is 1. The molecular formula is C43H48F2N4O5. The number of rotatable bonds is 7. The van der Waals surface area contributed by atoms with Crippen molar-refractivity contribution in [2.75, 3.05) is 33.5 Å². The number of phenols is 1. The first-order chi connectivity index (χ1) is 26.1. The maximum Gasteiger partial charge on any atom is 0.317 e. The van der Waals surface area contributed by atoms with Gasteiger partial charge in [0.2, 0.25) is 5.88 Å². The highest BCUT2D eigenvalue weighted by Gasteiger charge is 2.52. The largest absolute Gasteiger partial charge is 0.508 e. The molecule has 4 heterocycles. The lowest BCUT2D eigenvalue weighted by molar-refractivity contribution is -0.0248. The Morgan fingerprint density at radius 2 is 1.80 bits per heavy atom. The normalized spacial score (nSPS) is 31.1. The summed E-state index contributed by atoms with van der Waals surface area (Å²) in [5.41, 5.74) is -0.679. The van der Waals surface area contributed by atoms with Crippen molar-refractivity contribution in [1.82, 2.24) is 19.9 Å². The van der Waals surface area contributed by atoms with Crippen LogP contribution in [-0.4, -0.2) is 81.2 Å². The Kier molecular flexibility index (Phi) is 8.94. The highest BCUT2D eigenvalue weighted by molar-refractivity contribution is 6.03. The molecule has 0 spiro atoms. The van der Waals surface area contributed by atoms with Gasteiger partial charge in [0, 0.05) is 47.6 Å². The van der Waals surface area contributed by atoms with Gasteiger partial charge in [-0.1, -0.05) is 18.4 Å². The van der Waals surface area contributed by atoms with Crippen molar-refractivity contribution in [2.45, 2.75) is 101 Å². The Labute approximate surface area is 314 Å². The van der Waals surface area contributed by atoms with E-state index in [1.165, 1.54) is 44.2 Å². The van der Waals surface area contributed by atoms with E-state index < -0.39 is 17.2 Å². The molecule has 2 aromatic carbocycles. The van der Waals surface area contributed by atoms with Crippen molar-refractivity contribution in [3.63, 3.8) is 0 Å². The van der Waals surface area contributed by atoms with E-state index in [0.29, 0.717) is 59.8 Å². The van der Waals surface area contributed by atoms with E-state index >= 15 is 8.78 Å². The van der Waals surface area contributed by atoms with Gasteiger partial charge in [0.25, 0.3) is 0 Å². The first kappa shape index (κ1) is 35.6. The minimum absolute atomic E-state index is 0.0531. The Morgan fingerprint density at radius 3 is 2.56 bits per heavy atom. The summed E-state index contributed by atoms with van der Waals surface area (Å²) in [4.78, 5) is 17.2. The number of nitrogens with zero attached hydrogens (tertiary/aromatic N) is 4. The maximum atomic E-state index is 17.3. The lowest BCUT2D eigenvalue weighted by Gasteiger charge is -2.48. The van der Waals surface area contributed by atoms with E-state index in [-0.39, 0.29) is 56.7 Å². The first-order valence-corrected chi connectivity index (χ1v) is 19.6. The lowest BCUT2D eigenvalue weighted by atomic mass is 9.75. The molecule has 7 atom stereocenters. The predicted octanol–water partition coefficient (Wildman–Crippen LogP) is 7.67. The lowest BCUT2D eigenvalue weighted by Crippen LogP contribution is -2.55. The zero-order chi connectivity index (χ0) is 37.4. The van der Waals surface area contributed by atoms with Crippen molar-refractivity contribution in [3.05, 3.63) is 47.2 Å². The predicted molar refractivity (Wildman–Crippen MR) is 201 cm³/mol. The van der Waals surface area contributed by atoms with Crippen molar-refractivity contribution in [3.8, 4) is 41.2 Å². The van der Waals surface area contributed by atoms with Crippen LogP contribution < -0.4 is 9.47 Å². The summed E-state index contributed by atoms with van der Waals surface area (Å²) >= 11 is 0. The number of hydrogen-bond donors (Lipinski definition) is 2. The molecule has 54 heavy (non-hydrogen) atoms. The maximum absolute atomic E-state index is 17.3. The van der Waals surface area contributed by atoms with E-state index in [2.05, 4.69) is 15.8 Å². The Balaban J connectivity index is 1.15. The number of piperidine rings is 1. The summed E-state index contributed by atoms with van der Waals surface area (Å²) in [6.45, 7) is 5.11. The number of terminal acetylenes is 1. The number of benzene rings is 2. The van der Waals surface area contributed by atoms with Gasteiger partial charge >= 0.3 is 6.01 Å². The summed E-state index contributed by atoms with van der Waals surface area (Å²) in [6, 6.07) is 6.53. The van der Waals surface area contributed by atoms with E-state index in [9.17, 15) is 10.2 Å². The minimum Gasteiger partial charge on any atom is -0.508 e. The van der Waals surface area contributed by atoms with Crippen LogP contribution in [0.2, 0.25) is 0 Å². The molecule has 5 aliphatic rings. The third-order valence-electron chi connectivity index (χ3n) is 13.5. The number of pyridine rings is 1. The molecule has 3 saturated carbocycles. The van der Waals surface area contributed by atoms with Crippen molar-refractivity contribution >= 4 is 21.7 Å². The molecule has 0 radical (unpaired) electrons. The van der Waals surface area contributed by atoms with Crippen LogP contribution in [-0.2, 0) is 4.74 Å². The Morgan fingerprint density at radius 1 is 1.02 bits per heavy atom. The molecule has 2 unspecified atom stereocenters. The summed E-state index contributed by atoms with van der Waals surface area (Å²) < 4.78 is 50.7. The minimum atomic E-state index is -0.928. The molecule has 5 fully saturated rings. The smallest absolute Gasteiger partial charge is 0.317 e.